The summed E-state index contributed by atoms with van der Waals surface area (Å²) in [5.74, 6) is -1.74. The van der Waals surface area contributed by atoms with E-state index in [1.165, 1.54) is 41.4 Å². The van der Waals surface area contributed by atoms with Crippen molar-refractivity contribution in [2.24, 2.45) is 17.2 Å². The van der Waals surface area contributed by atoms with Gasteiger partial charge in [-0.15, -0.1) is 0 Å². The summed E-state index contributed by atoms with van der Waals surface area (Å²) in [6.45, 7) is 1.04. The molecule has 0 saturated carbocycles. The average molecular weight is 617 g/mol. The molecule has 0 aliphatic carbocycles. The molecule has 1 aromatic heterocycles. The predicted octanol–water partition coefficient (Wildman–Crippen LogP) is -0.547. The zero-order chi connectivity index (χ0) is 32.4. The van der Waals surface area contributed by atoms with Crippen LogP contribution in [-0.2, 0) is 27.0 Å². The summed E-state index contributed by atoms with van der Waals surface area (Å²) < 4.78 is 39.2. The minimum atomic E-state index is -4.55. The van der Waals surface area contributed by atoms with E-state index >= 15 is 0 Å². The Hall–Kier alpha value is -4.09. The molecule has 12 nitrogen and oxygen atoms in total. The standard InChI is InChI=1S/C28H35BF3N7O5/c30-28(31,32)19-3-1-17(2-4-19)13-24(38-26(41)22(35)6-8-25(40)39(11-9-33)12-10-34)27(42)37-21-15-18-14-20(29(43)44)5-7-23(18)36-16-21/h1-5,7,14-16,22,24,43-44H,6,8-13,33-35H2,(H,37,42)(H,38,41)/t22-,24?/m0/s1. The van der Waals surface area contributed by atoms with Gasteiger partial charge in [-0.05, 0) is 41.7 Å². The molecule has 1 heterocycles. The number of nitrogens with one attached hydrogen (secondary N) is 2. The number of aromatic nitrogens is 1. The second-order valence-electron chi connectivity index (χ2n) is 10.1. The molecule has 3 aromatic rings. The average Bonchev–Trinajstić information content (AvgIpc) is 2.98. The van der Waals surface area contributed by atoms with Crippen molar-refractivity contribution in [3.8, 4) is 0 Å². The summed E-state index contributed by atoms with van der Waals surface area (Å²) in [4.78, 5) is 44.6. The van der Waals surface area contributed by atoms with Gasteiger partial charge in [0.05, 0.1) is 29.0 Å². The van der Waals surface area contributed by atoms with Gasteiger partial charge in [-0.25, -0.2) is 0 Å². The van der Waals surface area contributed by atoms with Crippen LogP contribution in [-0.4, -0.2) is 83.0 Å². The van der Waals surface area contributed by atoms with Crippen molar-refractivity contribution in [2.45, 2.75) is 37.5 Å². The summed E-state index contributed by atoms with van der Waals surface area (Å²) in [6.07, 6.45) is -3.48. The number of carbonyl (C=O) groups excluding carboxylic acids is 3. The Labute approximate surface area is 251 Å². The quantitative estimate of drug-likeness (QED) is 0.116. The van der Waals surface area contributed by atoms with Crippen LogP contribution in [0.1, 0.15) is 24.0 Å². The summed E-state index contributed by atoms with van der Waals surface area (Å²) in [7, 11) is -1.72. The van der Waals surface area contributed by atoms with Gasteiger partial charge in [-0.1, -0.05) is 24.3 Å². The topological polar surface area (TPSA) is 210 Å². The number of nitrogens with two attached hydrogens (primary N) is 3. The fourth-order valence-corrected chi connectivity index (χ4v) is 4.40. The Balaban J connectivity index is 1.78. The molecule has 1 unspecified atom stereocenters. The van der Waals surface area contributed by atoms with Crippen LogP contribution in [0.15, 0.2) is 54.7 Å². The number of nitrogens with zero attached hydrogens (tertiary/aromatic N) is 2. The van der Waals surface area contributed by atoms with Crippen LogP contribution >= 0.6 is 0 Å². The molecular weight excluding hydrogens is 582 g/mol. The maximum atomic E-state index is 13.4. The number of benzene rings is 2. The van der Waals surface area contributed by atoms with Gasteiger partial charge in [-0.3, -0.25) is 19.4 Å². The maximum Gasteiger partial charge on any atom is 0.488 e. The molecule has 0 aliphatic rings. The van der Waals surface area contributed by atoms with Crippen molar-refractivity contribution in [3.05, 3.63) is 65.9 Å². The molecule has 0 saturated heterocycles. The third kappa shape index (κ3) is 9.72. The molecule has 44 heavy (non-hydrogen) atoms. The molecule has 0 aliphatic heterocycles. The number of hydrogen-bond acceptors (Lipinski definition) is 9. The van der Waals surface area contributed by atoms with E-state index in [1.807, 2.05) is 0 Å². The number of anilines is 1. The smallest absolute Gasteiger partial charge is 0.423 e. The first-order chi connectivity index (χ1) is 20.8. The second-order valence-corrected chi connectivity index (χ2v) is 10.1. The van der Waals surface area contributed by atoms with Gasteiger partial charge in [-0.2, -0.15) is 13.2 Å². The van der Waals surface area contributed by atoms with Gasteiger partial charge in [0.25, 0.3) is 0 Å². The highest BCUT2D eigenvalue weighted by molar-refractivity contribution is 6.58. The van der Waals surface area contributed by atoms with Crippen LogP contribution in [0.5, 0.6) is 0 Å². The van der Waals surface area contributed by atoms with Gasteiger partial charge < -0.3 is 42.8 Å². The van der Waals surface area contributed by atoms with E-state index in [1.54, 1.807) is 6.07 Å². The number of fused-ring (bicyclic) bond motifs is 1. The molecule has 0 spiro atoms. The number of halogens is 3. The van der Waals surface area contributed by atoms with Crippen LogP contribution < -0.4 is 33.3 Å². The third-order valence-electron chi connectivity index (χ3n) is 6.78. The number of carbonyl (C=O) groups is 3. The SMILES string of the molecule is NCCN(CCN)C(=O)CC[C@H](N)C(=O)NC(Cc1ccc(C(F)(F)F)cc1)C(=O)Nc1cnc2ccc(B(O)O)cc2c1. The van der Waals surface area contributed by atoms with Crippen molar-refractivity contribution in [3.63, 3.8) is 0 Å². The molecular formula is C28H35BF3N7O5. The molecule has 236 valence electrons. The van der Waals surface area contributed by atoms with E-state index in [0.717, 1.165) is 12.1 Å². The first-order valence-electron chi connectivity index (χ1n) is 13.8. The first kappa shape index (κ1) is 34.4. The Kier molecular flexibility index (Phi) is 12.2. The number of amides is 3. The fraction of sp³-hybridized carbons (Fsp3) is 0.357. The lowest BCUT2D eigenvalue weighted by molar-refractivity contribution is -0.137. The molecule has 2 atom stereocenters. The summed E-state index contributed by atoms with van der Waals surface area (Å²) >= 11 is 0. The Bertz CT molecular complexity index is 1440. The minimum absolute atomic E-state index is 0.0431. The van der Waals surface area contributed by atoms with Gasteiger partial charge in [0, 0.05) is 44.4 Å². The van der Waals surface area contributed by atoms with Crippen LogP contribution in [0.25, 0.3) is 10.9 Å². The molecule has 10 N–H and O–H groups in total. The van der Waals surface area contributed by atoms with Crippen molar-refractivity contribution < 1.29 is 37.6 Å². The van der Waals surface area contributed by atoms with Crippen LogP contribution in [0.4, 0.5) is 18.9 Å². The second kappa shape index (κ2) is 15.6. The molecule has 0 radical (unpaired) electrons. The van der Waals surface area contributed by atoms with E-state index < -0.39 is 42.8 Å². The number of pyridine rings is 1. The molecule has 3 rings (SSSR count). The van der Waals surface area contributed by atoms with Gasteiger partial charge in [0.1, 0.15) is 6.04 Å². The van der Waals surface area contributed by atoms with Gasteiger partial charge >= 0.3 is 13.3 Å². The number of alkyl halides is 3. The lowest BCUT2D eigenvalue weighted by Gasteiger charge is -2.23. The first-order valence-corrected chi connectivity index (χ1v) is 13.8. The van der Waals surface area contributed by atoms with Gasteiger partial charge in [0.15, 0.2) is 0 Å². The normalized spacial score (nSPS) is 12.8. The summed E-state index contributed by atoms with van der Waals surface area (Å²) in [5.41, 5.74) is 17.5. The molecule has 0 bridgehead atoms. The maximum absolute atomic E-state index is 13.4. The Morgan fingerprint density at radius 2 is 1.64 bits per heavy atom. The minimum Gasteiger partial charge on any atom is -0.423 e. The molecule has 16 heteroatoms. The van der Waals surface area contributed by atoms with Crippen molar-refractivity contribution in [1.29, 1.82) is 0 Å². The van der Waals surface area contributed by atoms with E-state index in [0.29, 0.717) is 29.6 Å². The monoisotopic (exact) mass is 617 g/mol. The van der Waals surface area contributed by atoms with Crippen molar-refractivity contribution >= 4 is 46.9 Å². The summed E-state index contributed by atoms with van der Waals surface area (Å²) in [5, 5.41) is 24.6. The van der Waals surface area contributed by atoms with Crippen LogP contribution in [0.2, 0.25) is 0 Å². The van der Waals surface area contributed by atoms with E-state index in [-0.39, 0.29) is 49.4 Å². The highest BCUT2D eigenvalue weighted by Gasteiger charge is 2.31. The number of rotatable bonds is 14. The highest BCUT2D eigenvalue weighted by atomic mass is 19.4. The van der Waals surface area contributed by atoms with Crippen molar-refractivity contribution in [1.82, 2.24) is 15.2 Å². The van der Waals surface area contributed by atoms with Crippen molar-refractivity contribution in [2.75, 3.05) is 31.5 Å². The molecule has 0 fully saturated rings. The molecule has 2 aromatic carbocycles. The third-order valence-corrected chi connectivity index (χ3v) is 6.78. The zero-order valence-corrected chi connectivity index (χ0v) is 23.8. The lowest BCUT2D eigenvalue weighted by Crippen LogP contribution is -2.51. The Morgan fingerprint density at radius 1 is 0.977 bits per heavy atom. The summed E-state index contributed by atoms with van der Waals surface area (Å²) in [6, 6.07) is 7.78. The molecule has 3 amide bonds. The van der Waals surface area contributed by atoms with Gasteiger partial charge in [0.2, 0.25) is 17.7 Å². The largest absolute Gasteiger partial charge is 0.488 e. The van der Waals surface area contributed by atoms with E-state index in [2.05, 4.69) is 15.6 Å². The zero-order valence-electron chi connectivity index (χ0n) is 23.8. The fourth-order valence-electron chi connectivity index (χ4n) is 4.40. The van der Waals surface area contributed by atoms with E-state index in [9.17, 15) is 37.6 Å². The van der Waals surface area contributed by atoms with E-state index in [4.69, 9.17) is 17.2 Å². The number of hydrogen-bond donors (Lipinski definition) is 7. The lowest BCUT2D eigenvalue weighted by atomic mass is 9.80. The van der Waals surface area contributed by atoms with Crippen LogP contribution in [0.3, 0.4) is 0 Å². The predicted molar refractivity (Wildman–Crippen MR) is 159 cm³/mol. The van der Waals surface area contributed by atoms with Crippen LogP contribution in [0, 0.1) is 0 Å². The highest BCUT2D eigenvalue weighted by Crippen LogP contribution is 2.29. The Morgan fingerprint density at radius 3 is 2.23 bits per heavy atom.